The third kappa shape index (κ3) is 4.84. The number of nitrogens with zero attached hydrogens (tertiary/aromatic N) is 4. The van der Waals surface area contributed by atoms with Crippen molar-refractivity contribution in [3.05, 3.63) is 47.3 Å². The molecule has 1 atom stereocenters. The second-order valence-corrected chi connectivity index (χ2v) is 7.04. The second-order valence-electron chi connectivity index (χ2n) is 7.04. The Morgan fingerprint density at radius 2 is 1.97 bits per heavy atom. The summed E-state index contributed by atoms with van der Waals surface area (Å²) in [7, 11) is 1.65. The van der Waals surface area contributed by atoms with Crippen LogP contribution in [0, 0.1) is 13.8 Å². The van der Waals surface area contributed by atoms with E-state index in [1.54, 1.807) is 7.05 Å². The molecule has 1 amide bonds. The number of halogens is 3. The molecule has 1 aliphatic heterocycles. The first-order valence-corrected chi connectivity index (χ1v) is 9.28. The van der Waals surface area contributed by atoms with Crippen molar-refractivity contribution in [1.29, 1.82) is 0 Å². The molecule has 156 valence electrons. The van der Waals surface area contributed by atoms with Gasteiger partial charge in [0.2, 0.25) is 11.9 Å². The number of carbonyl (C=O) groups is 1. The first-order valence-electron chi connectivity index (χ1n) is 9.28. The maximum absolute atomic E-state index is 13.3. The molecule has 1 aliphatic rings. The summed E-state index contributed by atoms with van der Waals surface area (Å²) in [6, 6.07) is 7.63. The van der Waals surface area contributed by atoms with Gasteiger partial charge in [0.05, 0.1) is 6.61 Å². The van der Waals surface area contributed by atoms with E-state index in [-0.39, 0.29) is 30.7 Å². The number of aromatic nitrogens is 2. The summed E-state index contributed by atoms with van der Waals surface area (Å²) in [6.45, 7) is 4.22. The number of likely N-dealkylation sites (N-methyl/N-ethyl adjacent to an activating group) is 1. The van der Waals surface area contributed by atoms with Crippen LogP contribution in [0.3, 0.4) is 0 Å². The predicted molar refractivity (Wildman–Crippen MR) is 103 cm³/mol. The van der Waals surface area contributed by atoms with Gasteiger partial charge in [-0.3, -0.25) is 4.79 Å². The summed E-state index contributed by atoms with van der Waals surface area (Å²) in [5, 5.41) is 0. The maximum atomic E-state index is 13.3. The van der Waals surface area contributed by atoms with E-state index in [0.717, 1.165) is 11.6 Å². The van der Waals surface area contributed by atoms with Crippen LogP contribution < -0.4 is 9.80 Å². The van der Waals surface area contributed by atoms with E-state index in [1.165, 1.54) is 16.7 Å². The Balaban J connectivity index is 1.96. The van der Waals surface area contributed by atoms with Gasteiger partial charge >= 0.3 is 6.18 Å². The lowest BCUT2D eigenvalue weighted by Gasteiger charge is -2.32. The molecule has 0 spiro atoms. The zero-order valence-corrected chi connectivity index (χ0v) is 16.5. The van der Waals surface area contributed by atoms with E-state index in [9.17, 15) is 18.0 Å². The van der Waals surface area contributed by atoms with Crippen LogP contribution >= 0.6 is 0 Å². The Kier molecular flexibility index (Phi) is 6.07. The van der Waals surface area contributed by atoms with Gasteiger partial charge in [0, 0.05) is 38.0 Å². The fourth-order valence-corrected chi connectivity index (χ4v) is 3.28. The standard InChI is InChI=1S/C20H23F3N4O2/c1-13-5-4-6-15(11-13)26(3)18(28)16-7-9-29-10-8-27(16)19-24-14(2)12-17(25-19)20(21,22)23/h4-6,11-12,16H,7-10H2,1-3H3. The number of carbonyl (C=O) groups excluding carboxylic acids is 1. The maximum Gasteiger partial charge on any atom is 0.433 e. The Bertz CT molecular complexity index is 888. The lowest BCUT2D eigenvalue weighted by Crippen LogP contribution is -2.49. The molecule has 9 heteroatoms. The smallest absolute Gasteiger partial charge is 0.380 e. The topological polar surface area (TPSA) is 58.6 Å². The number of aryl methyl sites for hydroxylation is 2. The van der Waals surface area contributed by atoms with Gasteiger partial charge in [-0.15, -0.1) is 0 Å². The Morgan fingerprint density at radius 3 is 2.66 bits per heavy atom. The lowest BCUT2D eigenvalue weighted by molar-refractivity contribution is -0.141. The number of benzene rings is 1. The van der Waals surface area contributed by atoms with Crippen molar-refractivity contribution in [2.75, 3.05) is 36.6 Å². The molecule has 1 aromatic carbocycles. The summed E-state index contributed by atoms with van der Waals surface area (Å²) >= 11 is 0. The quantitative estimate of drug-likeness (QED) is 0.780. The summed E-state index contributed by atoms with van der Waals surface area (Å²) in [5.41, 5.74) is 0.871. The molecule has 0 aliphatic carbocycles. The molecule has 0 radical (unpaired) electrons. The zero-order chi connectivity index (χ0) is 21.2. The molecule has 3 rings (SSSR count). The largest absolute Gasteiger partial charge is 0.433 e. The molecule has 29 heavy (non-hydrogen) atoms. The van der Waals surface area contributed by atoms with Gasteiger partial charge in [-0.1, -0.05) is 12.1 Å². The molecule has 1 saturated heterocycles. The minimum atomic E-state index is -4.59. The van der Waals surface area contributed by atoms with Gasteiger partial charge in [-0.2, -0.15) is 13.2 Å². The number of anilines is 2. The highest BCUT2D eigenvalue weighted by Crippen LogP contribution is 2.30. The van der Waals surface area contributed by atoms with Gasteiger partial charge in [-0.05, 0) is 37.6 Å². The molecular weight excluding hydrogens is 385 g/mol. The molecular formula is C20H23F3N4O2. The fourth-order valence-electron chi connectivity index (χ4n) is 3.28. The van der Waals surface area contributed by atoms with Crippen molar-refractivity contribution in [2.24, 2.45) is 0 Å². The molecule has 6 nitrogen and oxygen atoms in total. The molecule has 0 saturated carbocycles. The fraction of sp³-hybridized carbons (Fsp3) is 0.450. The van der Waals surface area contributed by atoms with Crippen LogP contribution in [-0.4, -0.2) is 48.7 Å². The predicted octanol–water partition coefficient (Wildman–Crippen LogP) is 3.37. The highest BCUT2D eigenvalue weighted by atomic mass is 19.4. The zero-order valence-electron chi connectivity index (χ0n) is 16.5. The SMILES string of the molecule is Cc1cccc(N(C)C(=O)C2CCOCCN2c2nc(C)cc(C(F)(F)F)n2)c1. The first kappa shape index (κ1) is 21.0. The first-order chi connectivity index (χ1) is 13.7. The average Bonchev–Trinajstić information content (AvgIpc) is 2.91. The minimum absolute atomic E-state index is 0.112. The van der Waals surface area contributed by atoms with Gasteiger partial charge in [0.25, 0.3) is 0 Å². The van der Waals surface area contributed by atoms with Crippen LogP contribution in [0.5, 0.6) is 0 Å². The molecule has 1 aromatic heterocycles. The Labute approximate surface area is 167 Å². The Morgan fingerprint density at radius 1 is 1.21 bits per heavy atom. The molecule has 1 fully saturated rings. The molecule has 0 N–H and O–H groups in total. The minimum Gasteiger partial charge on any atom is -0.380 e. The number of ether oxygens (including phenoxy) is 1. The van der Waals surface area contributed by atoms with E-state index in [0.29, 0.717) is 18.7 Å². The Hall–Kier alpha value is -2.68. The van der Waals surface area contributed by atoms with Gasteiger partial charge < -0.3 is 14.5 Å². The van der Waals surface area contributed by atoms with Gasteiger partial charge in [0.15, 0.2) is 0 Å². The second kappa shape index (κ2) is 8.36. The van der Waals surface area contributed by atoms with E-state index >= 15 is 0 Å². The lowest BCUT2D eigenvalue weighted by atomic mass is 10.1. The van der Waals surface area contributed by atoms with Gasteiger partial charge in [0.1, 0.15) is 11.7 Å². The van der Waals surface area contributed by atoms with Crippen LogP contribution in [0.2, 0.25) is 0 Å². The third-order valence-corrected chi connectivity index (χ3v) is 4.78. The molecule has 1 unspecified atom stereocenters. The number of rotatable bonds is 3. The van der Waals surface area contributed by atoms with Crippen LogP contribution in [0.15, 0.2) is 30.3 Å². The van der Waals surface area contributed by atoms with E-state index in [4.69, 9.17) is 4.74 Å². The van der Waals surface area contributed by atoms with E-state index in [1.807, 2.05) is 31.2 Å². The van der Waals surface area contributed by atoms with E-state index < -0.39 is 17.9 Å². The number of alkyl halides is 3. The molecule has 2 aromatic rings. The number of amides is 1. The van der Waals surface area contributed by atoms with E-state index in [2.05, 4.69) is 9.97 Å². The van der Waals surface area contributed by atoms with Crippen molar-refractivity contribution < 1.29 is 22.7 Å². The molecule has 0 bridgehead atoms. The van der Waals surface area contributed by atoms with Crippen molar-refractivity contribution in [1.82, 2.24) is 9.97 Å². The number of hydrogen-bond donors (Lipinski definition) is 0. The van der Waals surface area contributed by atoms with Gasteiger partial charge in [-0.25, -0.2) is 9.97 Å². The molecule has 2 heterocycles. The third-order valence-electron chi connectivity index (χ3n) is 4.78. The van der Waals surface area contributed by atoms with Crippen molar-refractivity contribution >= 4 is 17.5 Å². The highest BCUT2D eigenvalue weighted by molar-refractivity contribution is 5.98. The monoisotopic (exact) mass is 408 g/mol. The van der Waals surface area contributed by atoms with Crippen molar-refractivity contribution in [3.8, 4) is 0 Å². The van der Waals surface area contributed by atoms with Crippen LogP contribution in [0.4, 0.5) is 24.8 Å². The van der Waals surface area contributed by atoms with Crippen molar-refractivity contribution in [2.45, 2.75) is 32.5 Å². The van der Waals surface area contributed by atoms with Crippen molar-refractivity contribution in [3.63, 3.8) is 0 Å². The van der Waals surface area contributed by atoms with Crippen LogP contribution in [-0.2, 0) is 15.7 Å². The normalized spacial score (nSPS) is 17.7. The average molecular weight is 408 g/mol. The highest BCUT2D eigenvalue weighted by Gasteiger charge is 2.36. The van der Waals surface area contributed by atoms with Crippen LogP contribution in [0.1, 0.15) is 23.4 Å². The summed E-state index contributed by atoms with van der Waals surface area (Å²) in [4.78, 5) is 24.2. The summed E-state index contributed by atoms with van der Waals surface area (Å²) in [6.07, 6.45) is -4.27. The van der Waals surface area contributed by atoms with Crippen LogP contribution in [0.25, 0.3) is 0 Å². The number of hydrogen-bond acceptors (Lipinski definition) is 5. The summed E-state index contributed by atoms with van der Waals surface area (Å²) in [5.74, 6) is -0.362. The summed E-state index contributed by atoms with van der Waals surface area (Å²) < 4.78 is 45.2.